The van der Waals surface area contributed by atoms with Gasteiger partial charge >= 0.3 is 0 Å². The van der Waals surface area contributed by atoms with Crippen LogP contribution in [0, 0.1) is 6.92 Å². The van der Waals surface area contributed by atoms with Crippen molar-refractivity contribution in [3.8, 4) is 0 Å². The molecule has 0 aliphatic carbocycles. The van der Waals surface area contributed by atoms with E-state index in [-0.39, 0.29) is 11.5 Å². The Hall–Kier alpha value is -1.79. The highest BCUT2D eigenvalue weighted by Crippen LogP contribution is 2.25. The fourth-order valence-corrected chi connectivity index (χ4v) is 3.44. The zero-order chi connectivity index (χ0) is 14.9. The third-order valence-electron chi connectivity index (χ3n) is 3.36. The van der Waals surface area contributed by atoms with Gasteiger partial charge in [-0.25, -0.2) is 8.42 Å². The molecule has 5 nitrogen and oxygen atoms in total. The van der Waals surface area contributed by atoms with Crippen molar-refractivity contribution in [3.63, 3.8) is 0 Å². The lowest BCUT2D eigenvalue weighted by molar-refractivity contribution is 0.272. The molecule has 0 radical (unpaired) electrons. The lowest BCUT2D eigenvalue weighted by Crippen LogP contribution is -2.26. The second-order valence-corrected chi connectivity index (χ2v) is 6.66. The van der Waals surface area contributed by atoms with E-state index in [1.165, 1.54) is 23.6 Å². The van der Waals surface area contributed by atoms with E-state index in [1.807, 2.05) is 19.1 Å². The van der Waals surface area contributed by atoms with Crippen molar-refractivity contribution in [2.45, 2.75) is 18.4 Å². The van der Waals surface area contributed by atoms with E-state index in [4.69, 9.17) is 5.11 Å². The van der Waals surface area contributed by atoms with Crippen LogP contribution in [0.1, 0.15) is 11.3 Å². The van der Waals surface area contributed by atoms with Gasteiger partial charge < -0.3 is 9.67 Å². The zero-order valence-corrected chi connectivity index (χ0v) is 12.6. The van der Waals surface area contributed by atoms with Gasteiger partial charge in [-0.3, -0.25) is 4.31 Å². The largest absolute Gasteiger partial charge is 0.390 e. The van der Waals surface area contributed by atoms with Crippen LogP contribution in [0.4, 0.5) is 5.69 Å². The molecule has 0 aliphatic rings. The number of aryl methyl sites for hydroxylation is 2. The molecule has 0 saturated heterocycles. The van der Waals surface area contributed by atoms with E-state index in [0.717, 1.165) is 5.56 Å². The normalized spacial score (nSPS) is 11.6. The molecule has 0 unspecified atom stereocenters. The molecule has 1 aromatic carbocycles. The van der Waals surface area contributed by atoms with Gasteiger partial charge in [0.2, 0.25) is 0 Å². The molecule has 0 amide bonds. The molecule has 20 heavy (non-hydrogen) atoms. The fraction of sp³-hybridized carbons (Fsp3) is 0.286. The molecule has 2 aromatic rings. The highest BCUT2D eigenvalue weighted by molar-refractivity contribution is 7.92. The van der Waals surface area contributed by atoms with E-state index in [1.54, 1.807) is 23.7 Å². The fourth-order valence-electron chi connectivity index (χ4n) is 2.08. The summed E-state index contributed by atoms with van der Waals surface area (Å²) in [6, 6.07) is 8.79. The van der Waals surface area contributed by atoms with Gasteiger partial charge in [0, 0.05) is 26.0 Å². The number of nitrogens with zero attached hydrogens (tertiary/aromatic N) is 2. The van der Waals surface area contributed by atoms with E-state index >= 15 is 0 Å². The maximum absolute atomic E-state index is 12.6. The molecule has 1 heterocycles. The predicted octanol–water partition coefficient (Wildman–Crippen LogP) is 1.65. The molecule has 0 aliphatic heterocycles. The van der Waals surface area contributed by atoms with Gasteiger partial charge in [-0.1, -0.05) is 18.2 Å². The highest BCUT2D eigenvalue weighted by Gasteiger charge is 2.24. The average molecular weight is 294 g/mol. The molecule has 0 saturated carbocycles. The van der Waals surface area contributed by atoms with Crippen LogP contribution in [-0.4, -0.2) is 25.1 Å². The number of aromatic nitrogens is 1. The van der Waals surface area contributed by atoms with Crippen LogP contribution < -0.4 is 4.31 Å². The number of hydrogen-bond donors (Lipinski definition) is 1. The van der Waals surface area contributed by atoms with Crippen LogP contribution in [0.2, 0.25) is 0 Å². The number of sulfonamides is 1. The standard InChI is InChI=1S/C14H18N2O3S/c1-11-6-4-5-7-14(11)16(3)20(18,19)13-8-12(10-17)15(2)9-13/h4-9,17H,10H2,1-3H3. The summed E-state index contributed by atoms with van der Waals surface area (Å²) in [5.41, 5.74) is 2.08. The second-order valence-electron chi connectivity index (χ2n) is 4.70. The minimum atomic E-state index is -3.62. The summed E-state index contributed by atoms with van der Waals surface area (Å²) in [6.07, 6.45) is 1.51. The van der Waals surface area contributed by atoms with E-state index in [9.17, 15) is 8.42 Å². The smallest absolute Gasteiger partial charge is 0.265 e. The first-order valence-corrected chi connectivity index (χ1v) is 7.62. The van der Waals surface area contributed by atoms with Crippen LogP contribution in [0.15, 0.2) is 41.4 Å². The Morgan fingerprint density at radius 3 is 2.50 bits per heavy atom. The summed E-state index contributed by atoms with van der Waals surface area (Å²) in [6.45, 7) is 1.67. The maximum atomic E-state index is 12.6. The average Bonchev–Trinajstić information content (AvgIpc) is 2.80. The predicted molar refractivity (Wildman–Crippen MR) is 78.1 cm³/mol. The minimum absolute atomic E-state index is 0.176. The molecular weight excluding hydrogens is 276 g/mol. The molecule has 1 N–H and O–H groups in total. The number of aliphatic hydroxyl groups excluding tert-OH is 1. The highest BCUT2D eigenvalue weighted by atomic mass is 32.2. The first-order chi connectivity index (χ1) is 9.37. The van der Waals surface area contributed by atoms with Gasteiger partial charge in [0.1, 0.15) is 4.90 Å². The van der Waals surface area contributed by atoms with E-state index < -0.39 is 10.0 Å². The molecule has 0 atom stereocenters. The summed E-state index contributed by atoms with van der Waals surface area (Å²) in [7, 11) is -0.387. The Labute approximate surface area is 119 Å². The topological polar surface area (TPSA) is 62.5 Å². The number of rotatable bonds is 4. The van der Waals surface area contributed by atoms with Gasteiger partial charge in [-0.05, 0) is 24.6 Å². The Bertz CT molecular complexity index is 720. The summed E-state index contributed by atoms with van der Waals surface area (Å²) in [4.78, 5) is 0.176. The van der Waals surface area contributed by atoms with Gasteiger partial charge in [-0.15, -0.1) is 0 Å². The minimum Gasteiger partial charge on any atom is -0.390 e. The van der Waals surface area contributed by atoms with Gasteiger partial charge in [0.15, 0.2) is 0 Å². The number of aliphatic hydroxyl groups is 1. The van der Waals surface area contributed by atoms with Crippen molar-refractivity contribution in [2.24, 2.45) is 7.05 Å². The number of benzene rings is 1. The van der Waals surface area contributed by atoms with Gasteiger partial charge in [0.05, 0.1) is 12.3 Å². The first kappa shape index (κ1) is 14.6. The lowest BCUT2D eigenvalue weighted by Gasteiger charge is -2.20. The lowest BCUT2D eigenvalue weighted by atomic mass is 10.2. The molecular formula is C14H18N2O3S. The number of para-hydroxylation sites is 1. The van der Waals surface area contributed by atoms with E-state index in [0.29, 0.717) is 11.4 Å². The van der Waals surface area contributed by atoms with Crippen molar-refractivity contribution in [1.82, 2.24) is 4.57 Å². The monoisotopic (exact) mass is 294 g/mol. The third-order valence-corrected chi connectivity index (χ3v) is 5.09. The summed E-state index contributed by atoms with van der Waals surface area (Å²) >= 11 is 0. The molecule has 1 aromatic heterocycles. The first-order valence-electron chi connectivity index (χ1n) is 6.18. The molecule has 0 bridgehead atoms. The SMILES string of the molecule is Cc1ccccc1N(C)S(=O)(=O)c1cc(CO)n(C)c1. The molecule has 0 spiro atoms. The summed E-state index contributed by atoms with van der Waals surface area (Å²) in [5.74, 6) is 0. The van der Waals surface area contributed by atoms with Crippen LogP contribution in [-0.2, 0) is 23.7 Å². The van der Waals surface area contributed by atoms with Gasteiger partial charge in [0.25, 0.3) is 10.0 Å². The second kappa shape index (κ2) is 5.30. The Morgan fingerprint density at radius 1 is 1.30 bits per heavy atom. The Kier molecular flexibility index (Phi) is 3.87. The number of hydrogen-bond acceptors (Lipinski definition) is 3. The summed E-state index contributed by atoms with van der Waals surface area (Å²) in [5, 5.41) is 9.17. The molecule has 2 rings (SSSR count). The van der Waals surface area contributed by atoms with Crippen molar-refractivity contribution in [1.29, 1.82) is 0 Å². The molecule has 6 heteroatoms. The van der Waals surface area contributed by atoms with Crippen LogP contribution in [0.5, 0.6) is 0 Å². The Morgan fingerprint density at radius 2 is 1.95 bits per heavy atom. The van der Waals surface area contributed by atoms with Crippen molar-refractivity contribution >= 4 is 15.7 Å². The van der Waals surface area contributed by atoms with Crippen molar-refractivity contribution < 1.29 is 13.5 Å². The van der Waals surface area contributed by atoms with Crippen molar-refractivity contribution in [2.75, 3.05) is 11.4 Å². The zero-order valence-electron chi connectivity index (χ0n) is 11.7. The molecule has 108 valence electrons. The Balaban J connectivity index is 2.47. The van der Waals surface area contributed by atoms with Crippen LogP contribution >= 0.6 is 0 Å². The van der Waals surface area contributed by atoms with Gasteiger partial charge in [-0.2, -0.15) is 0 Å². The number of anilines is 1. The van der Waals surface area contributed by atoms with Crippen LogP contribution in [0.25, 0.3) is 0 Å². The summed E-state index contributed by atoms with van der Waals surface area (Å²) < 4.78 is 28.1. The van der Waals surface area contributed by atoms with E-state index in [2.05, 4.69) is 0 Å². The third kappa shape index (κ3) is 2.44. The van der Waals surface area contributed by atoms with Crippen LogP contribution in [0.3, 0.4) is 0 Å². The van der Waals surface area contributed by atoms with Crippen molar-refractivity contribution in [3.05, 3.63) is 47.8 Å². The quantitative estimate of drug-likeness (QED) is 0.932. The maximum Gasteiger partial charge on any atom is 0.265 e. The molecule has 0 fully saturated rings.